The van der Waals surface area contributed by atoms with Gasteiger partial charge >= 0.3 is 0 Å². The molecule has 3 nitrogen and oxygen atoms in total. The minimum absolute atomic E-state index is 0.201. The van der Waals surface area contributed by atoms with Crippen molar-refractivity contribution in [3.63, 3.8) is 0 Å². The highest BCUT2D eigenvalue weighted by atomic mass is 16.1. The summed E-state index contributed by atoms with van der Waals surface area (Å²) in [5, 5.41) is 6.33. The van der Waals surface area contributed by atoms with E-state index in [1.54, 1.807) is 0 Å². The van der Waals surface area contributed by atoms with E-state index in [0.717, 1.165) is 19.5 Å². The molecule has 76 valence electrons. The van der Waals surface area contributed by atoms with Crippen LogP contribution in [0.4, 0.5) is 0 Å². The SMILES string of the molecule is CCCCCNC1CCC(=O)NC1. The van der Waals surface area contributed by atoms with Crippen molar-refractivity contribution in [3.05, 3.63) is 0 Å². The van der Waals surface area contributed by atoms with Gasteiger partial charge in [-0.15, -0.1) is 0 Å². The van der Waals surface area contributed by atoms with Crippen LogP contribution in [0.15, 0.2) is 0 Å². The molecule has 0 saturated carbocycles. The average Bonchev–Trinajstić information content (AvgIpc) is 2.15. The van der Waals surface area contributed by atoms with E-state index in [4.69, 9.17) is 0 Å². The molecule has 0 aromatic rings. The van der Waals surface area contributed by atoms with Crippen LogP contribution in [0, 0.1) is 0 Å². The van der Waals surface area contributed by atoms with E-state index in [1.165, 1.54) is 19.3 Å². The van der Waals surface area contributed by atoms with E-state index in [2.05, 4.69) is 17.6 Å². The van der Waals surface area contributed by atoms with Crippen molar-refractivity contribution in [3.8, 4) is 0 Å². The van der Waals surface area contributed by atoms with E-state index in [1.807, 2.05) is 0 Å². The maximum absolute atomic E-state index is 10.8. The second-order valence-electron chi connectivity index (χ2n) is 3.70. The number of unbranched alkanes of at least 4 members (excludes halogenated alkanes) is 2. The third kappa shape index (κ3) is 4.27. The molecule has 1 unspecified atom stereocenters. The molecule has 1 heterocycles. The minimum Gasteiger partial charge on any atom is -0.355 e. The van der Waals surface area contributed by atoms with Gasteiger partial charge in [-0.3, -0.25) is 4.79 Å². The Bertz CT molecular complexity index is 149. The van der Waals surface area contributed by atoms with Crippen molar-refractivity contribution in [1.82, 2.24) is 10.6 Å². The quantitative estimate of drug-likeness (QED) is 0.627. The summed E-state index contributed by atoms with van der Waals surface area (Å²) in [5.74, 6) is 0.201. The van der Waals surface area contributed by atoms with Crippen LogP contribution in [0.25, 0.3) is 0 Å². The molecule has 3 heteroatoms. The lowest BCUT2D eigenvalue weighted by Gasteiger charge is -2.23. The summed E-state index contributed by atoms with van der Waals surface area (Å²) < 4.78 is 0. The predicted octanol–water partition coefficient (Wildman–Crippen LogP) is 1.04. The number of nitrogens with one attached hydrogen (secondary N) is 2. The standard InChI is InChI=1S/C10H20N2O/c1-2-3-4-7-11-9-5-6-10(13)12-8-9/h9,11H,2-8H2,1H3,(H,12,13). The van der Waals surface area contributed by atoms with Gasteiger partial charge in [0.15, 0.2) is 0 Å². The van der Waals surface area contributed by atoms with Gasteiger partial charge in [-0.2, -0.15) is 0 Å². The van der Waals surface area contributed by atoms with Gasteiger partial charge in [-0.1, -0.05) is 19.8 Å². The van der Waals surface area contributed by atoms with E-state index in [-0.39, 0.29) is 5.91 Å². The topological polar surface area (TPSA) is 41.1 Å². The second-order valence-corrected chi connectivity index (χ2v) is 3.70. The summed E-state index contributed by atoms with van der Waals surface area (Å²) in [7, 11) is 0. The molecule has 1 saturated heterocycles. The first-order valence-corrected chi connectivity index (χ1v) is 5.33. The summed E-state index contributed by atoms with van der Waals surface area (Å²) in [4.78, 5) is 10.8. The number of hydrogen-bond donors (Lipinski definition) is 2. The van der Waals surface area contributed by atoms with Crippen molar-refractivity contribution in [2.75, 3.05) is 13.1 Å². The lowest BCUT2D eigenvalue weighted by Crippen LogP contribution is -2.45. The van der Waals surface area contributed by atoms with Crippen LogP contribution in [-0.4, -0.2) is 25.0 Å². The van der Waals surface area contributed by atoms with E-state index in [9.17, 15) is 4.79 Å². The first-order valence-electron chi connectivity index (χ1n) is 5.33. The third-order valence-corrected chi connectivity index (χ3v) is 2.48. The van der Waals surface area contributed by atoms with Gasteiger partial charge in [0.05, 0.1) is 0 Å². The molecule has 0 aromatic carbocycles. The second kappa shape index (κ2) is 5.97. The molecule has 0 radical (unpaired) electrons. The van der Waals surface area contributed by atoms with Crippen LogP contribution in [0.5, 0.6) is 0 Å². The fourth-order valence-electron chi connectivity index (χ4n) is 1.59. The largest absolute Gasteiger partial charge is 0.355 e. The molecule has 1 amide bonds. The Hall–Kier alpha value is -0.570. The molecule has 0 bridgehead atoms. The Balaban J connectivity index is 1.99. The fraction of sp³-hybridized carbons (Fsp3) is 0.900. The molecule has 1 aliphatic heterocycles. The zero-order chi connectivity index (χ0) is 9.52. The van der Waals surface area contributed by atoms with E-state index in [0.29, 0.717) is 12.5 Å². The monoisotopic (exact) mass is 184 g/mol. The zero-order valence-corrected chi connectivity index (χ0v) is 8.44. The number of carbonyl (C=O) groups excluding carboxylic acids is 1. The summed E-state index contributed by atoms with van der Waals surface area (Å²) in [6, 6.07) is 0.509. The Kier molecular flexibility index (Phi) is 4.83. The van der Waals surface area contributed by atoms with Crippen LogP contribution in [0.1, 0.15) is 39.0 Å². The van der Waals surface area contributed by atoms with Crippen molar-refractivity contribution in [2.45, 2.75) is 45.1 Å². The first kappa shape index (κ1) is 10.5. The Labute approximate surface area is 80.3 Å². The van der Waals surface area contributed by atoms with Crippen molar-refractivity contribution < 1.29 is 4.79 Å². The molecule has 1 rings (SSSR count). The van der Waals surface area contributed by atoms with Gasteiger partial charge in [-0.05, 0) is 19.4 Å². The smallest absolute Gasteiger partial charge is 0.220 e. The number of carbonyl (C=O) groups is 1. The molecule has 0 aromatic heterocycles. The van der Waals surface area contributed by atoms with Gasteiger partial charge in [0.1, 0.15) is 0 Å². The van der Waals surface area contributed by atoms with Gasteiger partial charge in [-0.25, -0.2) is 0 Å². The zero-order valence-electron chi connectivity index (χ0n) is 8.44. The molecule has 1 aliphatic rings. The highest BCUT2D eigenvalue weighted by Crippen LogP contribution is 2.02. The molecular weight excluding hydrogens is 164 g/mol. The van der Waals surface area contributed by atoms with E-state index < -0.39 is 0 Å². The number of piperidine rings is 1. The van der Waals surface area contributed by atoms with E-state index >= 15 is 0 Å². The Morgan fingerprint density at radius 1 is 1.54 bits per heavy atom. The summed E-state index contributed by atoms with van der Waals surface area (Å²) >= 11 is 0. The van der Waals surface area contributed by atoms with Crippen LogP contribution < -0.4 is 10.6 Å². The third-order valence-electron chi connectivity index (χ3n) is 2.48. The van der Waals surface area contributed by atoms with Crippen LogP contribution in [0.2, 0.25) is 0 Å². The number of hydrogen-bond acceptors (Lipinski definition) is 2. The Morgan fingerprint density at radius 3 is 3.00 bits per heavy atom. The maximum atomic E-state index is 10.8. The molecule has 1 atom stereocenters. The lowest BCUT2D eigenvalue weighted by atomic mass is 10.1. The van der Waals surface area contributed by atoms with Crippen molar-refractivity contribution >= 4 is 5.91 Å². The van der Waals surface area contributed by atoms with Gasteiger partial charge < -0.3 is 10.6 Å². The molecule has 13 heavy (non-hydrogen) atoms. The van der Waals surface area contributed by atoms with Gasteiger partial charge in [0, 0.05) is 19.0 Å². The lowest BCUT2D eigenvalue weighted by molar-refractivity contribution is -0.122. The summed E-state index contributed by atoms with van der Waals surface area (Å²) in [6.07, 6.45) is 5.50. The highest BCUT2D eigenvalue weighted by Gasteiger charge is 2.16. The predicted molar refractivity (Wildman–Crippen MR) is 53.6 cm³/mol. The molecular formula is C10H20N2O. The minimum atomic E-state index is 0.201. The normalized spacial score (nSPS) is 22.8. The molecule has 1 fully saturated rings. The van der Waals surface area contributed by atoms with Crippen molar-refractivity contribution in [1.29, 1.82) is 0 Å². The molecule has 0 spiro atoms. The van der Waals surface area contributed by atoms with Crippen LogP contribution >= 0.6 is 0 Å². The first-order chi connectivity index (χ1) is 6.33. The van der Waals surface area contributed by atoms with Crippen molar-refractivity contribution in [2.24, 2.45) is 0 Å². The Morgan fingerprint density at radius 2 is 2.38 bits per heavy atom. The van der Waals surface area contributed by atoms with Crippen LogP contribution in [0.3, 0.4) is 0 Å². The summed E-state index contributed by atoms with van der Waals surface area (Å²) in [5.41, 5.74) is 0. The number of rotatable bonds is 5. The number of amides is 1. The maximum Gasteiger partial charge on any atom is 0.220 e. The van der Waals surface area contributed by atoms with Gasteiger partial charge in [0.25, 0.3) is 0 Å². The fourth-order valence-corrected chi connectivity index (χ4v) is 1.59. The molecule has 0 aliphatic carbocycles. The van der Waals surface area contributed by atoms with Gasteiger partial charge in [0.2, 0.25) is 5.91 Å². The highest BCUT2D eigenvalue weighted by molar-refractivity contribution is 5.76. The molecule has 2 N–H and O–H groups in total. The summed E-state index contributed by atoms with van der Waals surface area (Å²) in [6.45, 7) is 4.11. The average molecular weight is 184 g/mol. The van der Waals surface area contributed by atoms with Crippen LogP contribution in [-0.2, 0) is 4.79 Å².